The van der Waals surface area contributed by atoms with Gasteiger partial charge in [-0.25, -0.2) is 4.57 Å². The largest absolute Gasteiger partial charge is 0.497 e. The van der Waals surface area contributed by atoms with Gasteiger partial charge in [0.15, 0.2) is 0 Å². The summed E-state index contributed by atoms with van der Waals surface area (Å²) in [4.78, 5) is 2.09. The molecule has 2 aromatic carbocycles. The van der Waals surface area contributed by atoms with Crippen LogP contribution in [0.2, 0.25) is 0 Å². The van der Waals surface area contributed by atoms with Crippen LogP contribution in [-0.2, 0) is 9.09 Å². The summed E-state index contributed by atoms with van der Waals surface area (Å²) in [6, 6.07) is 15.4. The van der Waals surface area contributed by atoms with Crippen LogP contribution < -0.4 is 9.26 Å². The van der Waals surface area contributed by atoms with Gasteiger partial charge in [-0.3, -0.25) is 4.52 Å². The molecular weight excluding hydrogens is 375 g/mol. The predicted octanol–water partition coefficient (Wildman–Crippen LogP) is 6.51. The van der Waals surface area contributed by atoms with Gasteiger partial charge in [0.2, 0.25) is 0 Å². The Labute approximate surface area is 157 Å². The quantitative estimate of drug-likeness (QED) is 0.425. The molecule has 4 nitrogen and oxygen atoms in total. The molecule has 0 bridgehead atoms. The van der Waals surface area contributed by atoms with Crippen LogP contribution in [0.5, 0.6) is 11.5 Å². The molecule has 1 atom stereocenters. The minimum Gasteiger partial charge on any atom is -0.497 e. The first-order valence-electron chi connectivity index (χ1n) is 8.09. The molecule has 0 fully saturated rings. The van der Waals surface area contributed by atoms with Crippen molar-refractivity contribution in [1.29, 1.82) is 0 Å². The van der Waals surface area contributed by atoms with Gasteiger partial charge in [-0.1, -0.05) is 24.8 Å². The molecule has 7 heteroatoms. The standard InChI is InChI=1S/C18H23O4PS2/c1-4-13-24-23(19,21-5-2)22-16-7-6-8-18(14-16)25-17-11-9-15(20-3)10-12-17/h6-12,14H,4-5,13H2,1-3H3. The molecule has 136 valence electrons. The van der Waals surface area contributed by atoms with Crippen molar-refractivity contribution >= 4 is 29.9 Å². The highest BCUT2D eigenvalue weighted by Gasteiger charge is 2.26. The third-order valence-corrected chi connectivity index (χ3v) is 8.01. The monoisotopic (exact) mass is 398 g/mol. The SMILES string of the molecule is CCCSP(=O)(OCC)Oc1cccc(Sc2ccc(OC)cc2)c1. The van der Waals surface area contributed by atoms with Gasteiger partial charge in [0.25, 0.3) is 0 Å². The maximum atomic E-state index is 12.8. The maximum Gasteiger partial charge on any atom is 0.440 e. The zero-order chi connectivity index (χ0) is 18.1. The lowest BCUT2D eigenvalue weighted by Gasteiger charge is -2.17. The Kier molecular flexibility index (Phi) is 8.24. The number of benzene rings is 2. The summed E-state index contributed by atoms with van der Waals surface area (Å²) >= 11 is 2.85. The molecule has 0 N–H and O–H groups in total. The summed E-state index contributed by atoms with van der Waals surface area (Å²) in [6.45, 7) is 1.03. The Bertz CT molecular complexity index is 706. The molecule has 0 amide bonds. The highest BCUT2D eigenvalue weighted by atomic mass is 32.7. The molecule has 2 rings (SSSR count). The Hall–Kier alpha value is -1.07. The van der Waals surface area contributed by atoms with E-state index in [1.54, 1.807) is 24.9 Å². The van der Waals surface area contributed by atoms with Gasteiger partial charge >= 0.3 is 6.80 Å². The Morgan fingerprint density at radius 2 is 1.76 bits per heavy atom. The van der Waals surface area contributed by atoms with Gasteiger partial charge in [0.1, 0.15) is 11.5 Å². The summed E-state index contributed by atoms with van der Waals surface area (Å²) in [7, 11) is 1.65. The Balaban J connectivity index is 2.09. The van der Waals surface area contributed by atoms with E-state index in [1.807, 2.05) is 56.3 Å². The topological polar surface area (TPSA) is 44.8 Å². The molecule has 0 aliphatic carbocycles. The highest BCUT2D eigenvalue weighted by molar-refractivity contribution is 8.55. The fourth-order valence-corrected chi connectivity index (χ4v) is 6.27. The lowest BCUT2D eigenvalue weighted by Crippen LogP contribution is -1.96. The fourth-order valence-electron chi connectivity index (χ4n) is 1.95. The average Bonchev–Trinajstić information content (AvgIpc) is 2.61. The molecule has 0 heterocycles. The van der Waals surface area contributed by atoms with Crippen LogP contribution >= 0.6 is 29.9 Å². The van der Waals surface area contributed by atoms with Gasteiger partial charge < -0.3 is 9.26 Å². The Morgan fingerprint density at radius 1 is 1.00 bits per heavy atom. The first kappa shape index (κ1) is 20.2. The van der Waals surface area contributed by atoms with Crippen LogP contribution in [0.4, 0.5) is 0 Å². The van der Waals surface area contributed by atoms with E-state index in [9.17, 15) is 4.57 Å². The maximum absolute atomic E-state index is 12.8. The van der Waals surface area contributed by atoms with E-state index in [1.165, 1.54) is 11.4 Å². The zero-order valence-electron chi connectivity index (χ0n) is 14.6. The van der Waals surface area contributed by atoms with E-state index < -0.39 is 6.80 Å². The second-order valence-electron chi connectivity index (χ2n) is 5.04. The van der Waals surface area contributed by atoms with Crippen molar-refractivity contribution in [2.24, 2.45) is 0 Å². The molecule has 2 aromatic rings. The first-order chi connectivity index (χ1) is 12.1. The lowest BCUT2D eigenvalue weighted by molar-refractivity contribution is 0.296. The van der Waals surface area contributed by atoms with E-state index in [2.05, 4.69) is 0 Å². The van der Waals surface area contributed by atoms with Gasteiger partial charge in [-0.2, -0.15) is 0 Å². The van der Waals surface area contributed by atoms with E-state index in [0.717, 1.165) is 27.7 Å². The summed E-state index contributed by atoms with van der Waals surface area (Å²) in [6.07, 6.45) is 0.915. The number of rotatable bonds is 10. The molecule has 0 aliphatic heterocycles. The number of hydrogen-bond acceptors (Lipinski definition) is 6. The summed E-state index contributed by atoms with van der Waals surface area (Å²) < 4.78 is 29.1. The predicted molar refractivity (Wildman–Crippen MR) is 106 cm³/mol. The normalized spacial score (nSPS) is 13.2. The van der Waals surface area contributed by atoms with Gasteiger partial charge in [-0.05, 0) is 67.2 Å². The molecule has 0 radical (unpaired) electrons. The van der Waals surface area contributed by atoms with Gasteiger partial charge in [0.05, 0.1) is 13.7 Å². The van der Waals surface area contributed by atoms with E-state index in [4.69, 9.17) is 13.8 Å². The van der Waals surface area contributed by atoms with Gasteiger partial charge in [-0.15, -0.1) is 0 Å². The van der Waals surface area contributed by atoms with Crippen molar-refractivity contribution in [3.63, 3.8) is 0 Å². The van der Waals surface area contributed by atoms with Crippen LogP contribution in [0.3, 0.4) is 0 Å². The van der Waals surface area contributed by atoms with Crippen LogP contribution in [0.15, 0.2) is 58.3 Å². The molecule has 0 aliphatic rings. The van der Waals surface area contributed by atoms with Crippen molar-refractivity contribution in [3.05, 3.63) is 48.5 Å². The highest BCUT2D eigenvalue weighted by Crippen LogP contribution is 2.60. The molecule has 25 heavy (non-hydrogen) atoms. The number of hydrogen-bond donors (Lipinski definition) is 0. The van der Waals surface area contributed by atoms with Crippen molar-refractivity contribution < 1.29 is 18.3 Å². The van der Waals surface area contributed by atoms with Crippen molar-refractivity contribution in [2.75, 3.05) is 19.5 Å². The molecule has 1 unspecified atom stereocenters. The smallest absolute Gasteiger partial charge is 0.440 e. The van der Waals surface area contributed by atoms with E-state index >= 15 is 0 Å². The van der Waals surface area contributed by atoms with Crippen LogP contribution in [0.1, 0.15) is 20.3 Å². The minimum atomic E-state index is -3.18. The third kappa shape index (κ3) is 6.63. The molecule has 0 saturated heterocycles. The lowest BCUT2D eigenvalue weighted by atomic mass is 10.3. The summed E-state index contributed by atoms with van der Waals surface area (Å²) in [5.41, 5.74) is 0. The molecular formula is C18H23O4PS2. The number of ether oxygens (including phenoxy) is 1. The van der Waals surface area contributed by atoms with Crippen molar-refractivity contribution in [1.82, 2.24) is 0 Å². The number of methoxy groups -OCH3 is 1. The first-order valence-corrected chi connectivity index (χ1v) is 12.0. The second kappa shape index (κ2) is 10.2. The molecule has 0 spiro atoms. The van der Waals surface area contributed by atoms with E-state index in [0.29, 0.717) is 12.4 Å². The van der Waals surface area contributed by atoms with Crippen LogP contribution in [-0.4, -0.2) is 19.5 Å². The van der Waals surface area contributed by atoms with Gasteiger partial charge in [0, 0.05) is 15.5 Å². The molecule has 0 saturated carbocycles. The summed E-state index contributed by atoms with van der Waals surface area (Å²) in [5, 5.41) is 0. The van der Waals surface area contributed by atoms with E-state index in [-0.39, 0.29) is 0 Å². The fraction of sp³-hybridized carbons (Fsp3) is 0.333. The van der Waals surface area contributed by atoms with Crippen molar-refractivity contribution in [3.8, 4) is 11.5 Å². The van der Waals surface area contributed by atoms with Crippen LogP contribution in [0.25, 0.3) is 0 Å². The van der Waals surface area contributed by atoms with Crippen molar-refractivity contribution in [2.45, 2.75) is 30.1 Å². The Morgan fingerprint density at radius 3 is 2.40 bits per heavy atom. The van der Waals surface area contributed by atoms with Crippen LogP contribution in [0, 0.1) is 0 Å². The average molecular weight is 398 g/mol. The third-order valence-electron chi connectivity index (χ3n) is 3.06. The summed E-state index contributed by atoms with van der Waals surface area (Å²) in [5.74, 6) is 2.11. The second-order valence-corrected chi connectivity index (χ2v) is 10.3. The molecule has 0 aromatic heterocycles. The minimum absolute atomic E-state index is 0.355. The zero-order valence-corrected chi connectivity index (χ0v) is 17.2.